The van der Waals surface area contributed by atoms with Gasteiger partial charge < -0.3 is 10.3 Å². The molecule has 15 heavy (non-hydrogen) atoms. The Balaban J connectivity index is 2.02. The topological polar surface area (TPSA) is 27.8 Å². The molecule has 0 saturated carbocycles. The highest BCUT2D eigenvalue weighted by Gasteiger charge is 1.99. The fourth-order valence-corrected chi connectivity index (χ4v) is 1.61. The molecule has 0 spiro atoms. The molecule has 2 nitrogen and oxygen atoms in total. The van der Waals surface area contributed by atoms with Crippen LogP contribution >= 0.6 is 23.2 Å². The normalized spacial score (nSPS) is 10.3. The number of hydrogen-bond donors (Lipinski definition) is 2. The predicted octanol–water partition coefficient (Wildman–Crippen LogP) is 3.93. The molecule has 0 fully saturated rings. The molecule has 0 bridgehead atoms. The highest BCUT2D eigenvalue weighted by molar-refractivity contribution is 6.42. The Hall–Kier alpha value is -1.12. The molecule has 1 heterocycles. The van der Waals surface area contributed by atoms with Crippen LogP contribution < -0.4 is 5.32 Å². The molecular weight excluding hydrogens is 231 g/mol. The summed E-state index contributed by atoms with van der Waals surface area (Å²) in [4.78, 5) is 2.98. The molecule has 0 aliphatic heterocycles. The van der Waals surface area contributed by atoms with Gasteiger partial charge in [-0.3, -0.25) is 0 Å². The summed E-state index contributed by atoms with van der Waals surface area (Å²) < 4.78 is 0. The van der Waals surface area contributed by atoms with Crippen LogP contribution in [0, 0.1) is 0 Å². The van der Waals surface area contributed by atoms with Gasteiger partial charge in [-0.2, -0.15) is 0 Å². The van der Waals surface area contributed by atoms with Crippen molar-refractivity contribution in [2.45, 2.75) is 6.54 Å². The van der Waals surface area contributed by atoms with E-state index in [1.54, 1.807) is 6.07 Å². The maximum absolute atomic E-state index is 5.91. The number of anilines is 1. The van der Waals surface area contributed by atoms with Crippen LogP contribution in [-0.4, -0.2) is 4.98 Å². The highest BCUT2D eigenvalue weighted by Crippen LogP contribution is 2.22. The Morgan fingerprint density at radius 3 is 2.67 bits per heavy atom. The van der Waals surface area contributed by atoms with E-state index in [-0.39, 0.29) is 0 Å². The lowest BCUT2D eigenvalue weighted by Crippen LogP contribution is -1.97. The van der Waals surface area contributed by atoms with Gasteiger partial charge in [-0.1, -0.05) is 29.3 Å². The van der Waals surface area contributed by atoms with E-state index in [9.17, 15) is 0 Å². The third-order valence-electron chi connectivity index (χ3n) is 2.08. The van der Waals surface area contributed by atoms with Crippen LogP contribution in [0.3, 0.4) is 0 Å². The Bertz CT molecular complexity index is 438. The SMILES string of the molecule is Clc1ccc(CNc2cc[nH]c2)cc1Cl. The van der Waals surface area contributed by atoms with Crippen molar-refractivity contribution >= 4 is 28.9 Å². The molecule has 0 aliphatic rings. The van der Waals surface area contributed by atoms with Crippen molar-refractivity contribution in [3.63, 3.8) is 0 Å². The molecular formula is C11H10Cl2N2. The van der Waals surface area contributed by atoms with E-state index in [4.69, 9.17) is 23.2 Å². The summed E-state index contributed by atoms with van der Waals surface area (Å²) in [7, 11) is 0. The molecule has 0 atom stereocenters. The third kappa shape index (κ3) is 2.67. The zero-order chi connectivity index (χ0) is 10.7. The Labute approximate surface area is 98.2 Å². The third-order valence-corrected chi connectivity index (χ3v) is 2.82. The molecule has 1 aromatic carbocycles. The molecule has 2 rings (SSSR count). The van der Waals surface area contributed by atoms with Crippen LogP contribution in [0.1, 0.15) is 5.56 Å². The van der Waals surface area contributed by atoms with Crippen molar-refractivity contribution in [3.05, 3.63) is 52.3 Å². The molecule has 0 radical (unpaired) electrons. The van der Waals surface area contributed by atoms with Crippen LogP contribution in [-0.2, 0) is 6.54 Å². The van der Waals surface area contributed by atoms with Gasteiger partial charge in [0.2, 0.25) is 0 Å². The maximum Gasteiger partial charge on any atom is 0.0595 e. The molecule has 0 aliphatic carbocycles. The van der Waals surface area contributed by atoms with Gasteiger partial charge in [0.1, 0.15) is 0 Å². The van der Waals surface area contributed by atoms with E-state index in [1.807, 2.05) is 30.6 Å². The van der Waals surface area contributed by atoms with Crippen LogP contribution in [0.4, 0.5) is 5.69 Å². The van der Waals surface area contributed by atoms with Crippen LogP contribution in [0.25, 0.3) is 0 Å². The molecule has 2 N–H and O–H groups in total. The second kappa shape index (κ2) is 4.60. The van der Waals surface area contributed by atoms with Crippen molar-refractivity contribution < 1.29 is 0 Å². The Morgan fingerprint density at radius 1 is 1.13 bits per heavy atom. The van der Waals surface area contributed by atoms with Gasteiger partial charge in [0, 0.05) is 18.9 Å². The molecule has 78 valence electrons. The van der Waals surface area contributed by atoms with Gasteiger partial charge in [0.05, 0.1) is 15.7 Å². The first-order valence-corrected chi connectivity index (χ1v) is 5.32. The second-order valence-corrected chi connectivity index (χ2v) is 4.02. The summed E-state index contributed by atoms with van der Waals surface area (Å²) in [5.74, 6) is 0. The van der Waals surface area contributed by atoms with Gasteiger partial charge in [-0.05, 0) is 23.8 Å². The zero-order valence-corrected chi connectivity index (χ0v) is 9.44. The van der Waals surface area contributed by atoms with Gasteiger partial charge >= 0.3 is 0 Å². The average Bonchev–Trinajstić information content (AvgIpc) is 2.73. The molecule has 1 aromatic heterocycles. The van der Waals surface area contributed by atoms with E-state index in [0.717, 1.165) is 17.8 Å². The Kier molecular flexibility index (Phi) is 3.19. The summed E-state index contributed by atoms with van der Waals surface area (Å²) in [6.07, 6.45) is 3.77. The quantitative estimate of drug-likeness (QED) is 0.836. The van der Waals surface area contributed by atoms with Crippen molar-refractivity contribution in [3.8, 4) is 0 Å². The van der Waals surface area contributed by atoms with Crippen molar-refractivity contribution in [1.82, 2.24) is 4.98 Å². The van der Waals surface area contributed by atoms with Crippen LogP contribution in [0.2, 0.25) is 10.0 Å². The fourth-order valence-electron chi connectivity index (χ4n) is 1.29. The second-order valence-electron chi connectivity index (χ2n) is 3.20. The van der Waals surface area contributed by atoms with E-state index < -0.39 is 0 Å². The van der Waals surface area contributed by atoms with Crippen molar-refractivity contribution in [2.24, 2.45) is 0 Å². The van der Waals surface area contributed by atoms with E-state index in [1.165, 1.54) is 0 Å². The monoisotopic (exact) mass is 240 g/mol. The van der Waals surface area contributed by atoms with Crippen LogP contribution in [0.15, 0.2) is 36.7 Å². The summed E-state index contributed by atoms with van der Waals surface area (Å²) >= 11 is 11.7. The summed E-state index contributed by atoms with van der Waals surface area (Å²) in [6, 6.07) is 7.59. The first kappa shape index (κ1) is 10.4. The van der Waals surface area contributed by atoms with Gasteiger partial charge in [-0.25, -0.2) is 0 Å². The van der Waals surface area contributed by atoms with E-state index in [0.29, 0.717) is 10.0 Å². The minimum absolute atomic E-state index is 0.585. The first-order valence-electron chi connectivity index (χ1n) is 4.56. The smallest absolute Gasteiger partial charge is 0.0595 e. The van der Waals surface area contributed by atoms with Crippen molar-refractivity contribution in [2.75, 3.05) is 5.32 Å². The Morgan fingerprint density at radius 2 is 2.00 bits per heavy atom. The lowest BCUT2D eigenvalue weighted by atomic mass is 10.2. The van der Waals surface area contributed by atoms with E-state index in [2.05, 4.69) is 10.3 Å². The number of rotatable bonds is 3. The minimum atomic E-state index is 0.585. The molecule has 0 unspecified atom stereocenters. The number of halogens is 2. The lowest BCUT2D eigenvalue weighted by Gasteiger charge is -2.05. The van der Waals surface area contributed by atoms with Crippen molar-refractivity contribution in [1.29, 1.82) is 0 Å². The van der Waals surface area contributed by atoms with Crippen LogP contribution in [0.5, 0.6) is 0 Å². The summed E-state index contributed by atoms with van der Waals surface area (Å²) in [6.45, 7) is 0.731. The maximum atomic E-state index is 5.91. The first-order chi connectivity index (χ1) is 7.25. The zero-order valence-electron chi connectivity index (χ0n) is 7.93. The number of H-pyrrole nitrogens is 1. The predicted molar refractivity (Wildman–Crippen MR) is 64.6 cm³/mol. The molecule has 4 heteroatoms. The lowest BCUT2D eigenvalue weighted by molar-refractivity contribution is 1.15. The number of nitrogens with one attached hydrogen (secondary N) is 2. The summed E-state index contributed by atoms with van der Waals surface area (Å²) in [5.41, 5.74) is 2.16. The highest BCUT2D eigenvalue weighted by atomic mass is 35.5. The number of benzene rings is 1. The van der Waals surface area contributed by atoms with E-state index >= 15 is 0 Å². The summed E-state index contributed by atoms with van der Waals surface area (Å²) in [5, 5.41) is 4.43. The molecule has 0 amide bonds. The average molecular weight is 241 g/mol. The molecule has 2 aromatic rings. The fraction of sp³-hybridized carbons (Fsp3) is 0.0909. The minimum Gasteiger partial charge on any atom is -0.380 e. The van der Waals surface area contributed by atoms with Gasteiger partial charge in [-0.15, -0.1) is 0 Å². The van der Waals surface area contributed by atoms with Gasteiger partial charge in [0.25, 0.3) is 0 Å². The largest absolute Gasteiger partial charge is 0.380 e. The standard InChI is InChI=1S/C11H10Cl2N2/c12-10-2-1-8(5-11(10)13)6-15-9-3-4-14-7-9/h1-5,7,14-15H,6H2. The number of aromatic nitrogens is 1. The number of hydrogen-bond acceptors (Lipinski definition) is 1. The van der Waals surface area contributed by atoms with Gasteiger partial charge in [0.15, 0.2) is 0 Å². The number of aromatic amines is 1. The molecule has 0 saturated heterocycles.